The van der Waals surface area contributed by atoms with Gasteiger partial charge in [-0.3, -0.25) is 5.84 Å². The summed E-state index contributed by atoms with van der Waals surface area (Å²) < 4.78 is 40.2. The Bertz CT molecular complexity index is 579. The van der Waals surface area contributed by atoms with Gasteiger partial charge in [-0.15, -0.1) is 0 Å². The lowest BCUT2D eigenvalue weighted by Crippen LogP contribution is -2.29. The van der Waals surface area contributed by atoms with Crippen LogP contribution >= 0.6 is 0 Å². The fourth-order valence-corrected chi connectivity index (χ4v) is 1.99. The number of nitrogens with two attached hydrogens (primary N) is 1. The maximum absolute atomic E-state index is 13.8. The predicted molar refractivity (Wildman–Crippen MR) is 66.7 cm³/mol. The summed E-state index contributed by atoms with van der Waals surface area (Å²) >= 11 is 0. The molecule has 2 aromatic rings. The van der Waals surface area contributed by atoms with Crippen molar-refractivity contribution in [1.82, 2.24) is 5.43 Å². The SMILES string of the molecule is Cc1ccc(F)c(C(NN)c2cc(F)cc(F)c2)c1. The Hall–Kier alpha value is -1.85. The number of hydrogen-bond acceptors (Lipinski definition) is 2. The van der Waals surface area contributed by atoms with Crippen LogP contribution < -0.4 is 11.3 Å². The fourth-order valence-electron chi connectivity index (χ4n) is 1.99. The number of hydrogen-bond donors (Lipinski definition) is 2. The van der Waals surface area contributed by atoms with Crippen LogP contribution in [0.3, 0.4) is 0 Å². The molecular weight excluding hydrogens is 253 g/mol. The molecule has 5 heteroatoms. The van der Waals surface area contributed by atoms with E-state index >= 15 is 0 Å². The number of halogens is 3. The highest BCUT2D eigenvalue weighted by atomic mass is 19.1. The van der Waals surface area contributed by atoms with Crippen molar-refractivity contribution in [3.05, 3.63) is 70.5 Å². The van der Waals surface area contributed by atoms with E-state index in [0.717, 1.165) is 23.8 Å². The molecule has 100 valence electrons. The molecule has 1 unspecified atom stereocenters. The quantitative estimate of drug-likeness (QED) is 0.662. The molecule has 19 heavy (non-hydrogen) atoms. The van der Waals surface area contributed by atoms with Crippen LogP contribution in [0.4, 0.5) is 13.2 Å². The van der Waals surface area contributed by atoms with Gasteiger partial charge >= 0.3 is 0 Å². The lowest BCUT2D eigenvalue weighted by molar-refractivity contribution is 0.543. The van der Waals surface area contributed by atoms with E-state index < -0.39 is 23.5 Å². The van der Waals surface area contributed by atoms with Gasteiger partial charge in [0.2, 0.25) is 0 Å². The maximum Gasteiger partial charge on any atom is 0.128 e. The highest BCUT2D eigenvalue weighted by Crippen LogP contribution is 2.26. The molecule has 2 rings (SSSR count). The number of rotatable bonds is 3. The summed E-state index contributed by atoms with van der Waals surface area (Å²) in [6.45, 7) is 1.79. The Morgan fingerprint density at radius 1 is 1.00 bits per heavy atom. The molecule has 0 bridgehead atoms. The van der Waals surface area contributed by atoms with Gasteiger partial charge in [0.25, 0.3) is 0 Å². The molecule has 2 nitrogen and oxygen atoms in total. The van der Waals surface area contributed by atoms with E-state index in [0.29, 0.717) is 0 Å². The minimum absolute atomic E-state index is 0.226. The third-order valence-corrected chi connectivity index (χ3v) is 2.85. The molecule has 3 N–H and O–H groups in total. The van der Waals surface area contributed by atoms with Gasteiger partial charge in [-0.1, -0.05) is 17.7 Å². The normalized spacial score (nSPS) is 12.5. The standard InChI is InChI=1S/C14H13F3N2/c1-8-2-3-13(17)12(4-8)14(19-18)9-5-10(15)7-11(16)6-9/h2-7,14,19H,18H2,1H3. The minimum atomic E-state index is -0.815. The van der Waals surface area contributed by atoms with Crippen LogP contribution in [0.5, 0.6) is 0 Å². The summed E-state index contributed by atoms with van der Waals surface area (Å²) in [6, 6.07) is 6.67. The molecule has 2 aromatic carbocycles. The molecule has 0 saturated heterocycles. The highest BCUT2D eigenvalue weighted by Gasteiger charge is 2.18. The third kappa shape index (κ3) is 2.94. The summed E-state index contributed by atoms with van der Waals surface area (Å²) in [5, 5.41) is 0. The lowest BCUT2D eigenvalue weighted by atomic mass is 9.97. The molecular formula is C14H13F3N2. The van der Waals surface area contributed by atoms with E-state index in [2.05, 4.69) is 5.43 Å². The van der Waals surface area contributed by atoms with Gasteiger partial charge in [-0.2, -0.15) is 0 Å². The predicted octanol–water partition coefficient (Wildman–Crippen LogP) is 2.97. The second-order valence-corrected chi connectivity index (χ2v) is 4.33. The van der Waals surface area contributed by atoms with E-state index in [1.807, 2.05) is 0 Å². The van der Waals surface area contributed by atoms with Crippen LogP contribution in [0.25, 0.3) is 0 Å². The molecule has 0 heterocycles. The zero-order valence-corrected chi connectivity index (χ0v) is 10.3. The van der Waals surface area contributed by atoms with E-state index in [1.54, 1.807) is 19.1 Å². The first kappa shape index (κ1) is 13.6. The van der Waals surface area contributed by atoms with Gasteiger partial charge in [0, 0.05) is 11.6 Å². The average molecular weight is 266 g/mol. The molecule has 0 aliphatic heterocycles. The molecule has 1 atom stereocenters. The minimum Gasteiger partial charge on any atom is -0.271 e. The van der Waals surface area contributed by atoms with Crippen molar-refractivity contribution in [2.75, 3.05) is 0 Å². The highest BCUT2D eigenvalue weighted by molar-refractivity contribution is 5.35. The van der Waals surface area contributed by atoms with Crippen molar-refractivity contribution < 1.29 is 13.2 Å². The molecule has 0 spiro atoms. The smallest absolute Gasteiger partial charge is 0.128 e. The fraction of sp³-hybridized carbons (Fsp3) is 0.143. The van der Waals surface area contributed by atoms with E-state index in [1.165, 1.54) is 6.07 Å². The Kier molecular flexibility index (Phi) is 3.87. The van der Waals surface area contributed by atoms with Crippen molar-refractivity contribution in [1.29, 1.82) is 0 Å². The van der Waals surface area contributed by atoms with Gasteiger partial charge < -0.3 is 0 Å². The van der Waals surface area contributed by atoms with E-state index in [9.17, 15) is 13.2 Å². The monoisotopic (exact) mass is 266 g/mol. The molecule has 0 fully saturated rings. The summed E-state index contributed by atoms with van der Waals surface area (Å²) in [7, 11) is 0. The van der Waals surface area contributed by atoms with Gasteiger partial charge in [0.05, 0.1) is 6.04 Å². The molecule has 0 aliphatic carbocycles. The van der Waals surface area contributed by atoms with Crippen molar-refractivity contribution in [2.24, 2.45) is 5.84 Å². The zero-order chi connectivity index (χ0) is 14.0. The molecule has 0 aliphatic rings. The second-order valence-electron chi connectivity index (χ2n) is 4.33. The van der Waals surface area contributed by atoms with Crippen molar-refractivity contribution in [2.45, 2.75) is 13.0 Å². The largest absolute Gasteiger partial charge is 0.271 e. The first-order valence-corrected chi connectivity index (χ1v) is 5.69. The van der Waals surface area contributed by atoms with Crippen LogP contribution in [0.15, 0.2) is 36.4 Å². The van der Waals surface area contributed by atoms with Gasteiger partial charge in [-0.25, -0.2) is 18.6 Å². The van der Waals surface area contributed by atoms with Gasteiger partial charge in [0.15, 0.2) is 0 Å². The van der Waals surface area contributed by atoms with Crippen LogP contribution in [-0.4, -0.2) is 0 Å². The van der Waals surface area contributed by atoms with Crippen molar-refractivity contribution >= 4 is 0 Å². The first-order valence-electron chi connectivity index (χ1n) is 5.69. The van der Waals surface area contributed by atoms with Crippen LogP contribution in [0, 0.1) is 24.4 Å². The van der Waals surface area contributed by atoms with Crippen LogP contribution in [-0.2, 0) is 0 Å². The third-order valence-electron chi connectivity index (χ3n) is 2.85. The second kappa shape index (κ2) is 5.42. The molecule has 0 radical (unpaired) electrons. The Morgan fingerprint density at radius 3 is 2.21 bits per heavy atom. The average Bonchev–Trinajstić information content (AvgIpc) is 2.33. The Labute approximate surface area is 109 Å². The number of hydrazine groups is 1. The lowest BCUT2D eigenvalue weighted by Gasteiger charge is -2.18. The van der Waals surface area contributed by atoms with Crippen LogP contribution in [0.1, 0.15) is 22.7 Å². The van der Waals surface area contributed by atoms with Crippen molar-refractivity contribution in [3.8, 4) is 0 Å². The molecule has 0 amide bonds. The summed E-state index contributed by atoms with van der Waals surface area (Å²) in [5.74, 6) is 3.44. The molecule has 0 aromatic heterocycles. The van der Waals surface area contributed by atoms with Crippen LogP contribution in [0.2, 0.25) is 0 Å². The zero-order valence-electron chi connectivity index (χ0n) is 10.3. The van der Waals surface area contributed by atoms with Gasteiger partial charge in [0.1, 0.15) is 17.5 Å². The number of aryl methyl sites for hydroxylation is 1. The maximum atomic E-state index is 13.8. The Balaban J connectivity index is 2.52. The number of nitrogens with one attached hydrogen (secondary N) is 1. The van der Waals surface area contributed by atoms with Gasteiger partial charge in [-0.05, 0) is 30.7 Å². The topological polar surface area (TPSA) is 38.0 Å². The summed E-state index contributed by atoms with van der Waals surface area (Å²) in [6.07, 6.45) is 0. The molecule has 0 saturated carbocycles. The first-order chi connectivity index (χ1) is 9.01. The van der Waals surface area contributed by atoms with E-state index in [-0.39, 0.29) is 11.1 Å². The number of benzene rings is 2. The summed E-state index contributed by atoms with van der Waals surface area (Å²) in [4.78, 5) is 0. The van der Waals surface area contributed by atoms with E-state index in [4.69, 9.17) is 5.84 Å². The van der Waals surface area contributed by atoms with Crippen molar-refractivity contribution in [3.63, 3.8) is 0 Å². The summed E-state index contributed by atoms with van der Waals surface area (Å²) in [5.41, 5.74) is 3.68. The Morgan fingerprint density at radius 2 is 1.63 bits per heavy atom.